The Balaban J connectivity index is 2.62. The first-order chi connectivity index (χ1) is 8.56. The number of thioether (sulfide) groups is 1. The standard InChI is InChI=1S/C12H17ClN2O2S/c1-9-7-12(15(16)17)10(13)8-11(9)14-5-3-4-6-18-2/h7-8,14H,3-6H2,1-2H3. The van der Waals surface area contributed by atoms with E-state index in [1.165, 1.54) is 6.07 Å². The number of rotatable bonds is 7. The second-order valence-corrected chi connectivity index (χ2v) is 5.40. The minimum atomic E-state index is -0.461. The summed E-state index contributed by atoms with van der Waals surface area (Å²) in [5, 5.41) is 14.2. The number of hydrogen-bond donors (Lipinski definition) is 1. The molecule has 0 amide bonds. The van der Waals surface area contributed by atoms with Gasteiger partial charge in [-0.05, 0) is 43.4 Å². The fourth-order valence-electron chi connectivity index (χ4n) is 1.59. The molecule has 0 atom stereocenters. The number of hydrogen-bond acceptors (Lipinski definition) is 4. The summed E-state index contributed by atoms with van der Waals surface area (Å²) in [5.74, 6) is 1.15. The number of nitrogens with zero attached hydrogens (tertiary/aromatic N) is 1. The molecule has 1 N–H and O–H groups in total. The normalized spacial score (nSPS) is 10.4. The second-order valence-electron chi connectivity index (χ2n) is 4.00. The zero-order chi connectivity index (χ0) is 13.5. The molecule has 0 aliphatic heterocycles. The van der Waals surface area contributed by atoms with Crippen LogP contribution in [0.5, 0.6) is 0 Å². The topological polar surface area (TPSA) is 55.2 Å². The molecular formula is C12H17ClN2O2S. The molecule has 0 spiro atoms. The molecule has 0 radical (unpaired) electrons. The van der Waals surface area contributed by atoms with E-state index >= 15 is 0 Å². The Morgan fingerprint density at radius 1 is 1.44 bits per heavy atom. The van der Waals surface area contributed by atoms with Gasteiger partial charge < -0.3 is 5.32 Å². The zero-order valence-electron chi connectivity index (χ0n) is 10.5. The number of nitro benzene ring substituents is 1. The predicted octanol–water partition coefficient (Wildman–Crippen LogP) is 4.11. The van der Waals surface area contributed by atoms with Crippen LogP contribution in [0.25, 0.3) is 0 Å². The maximum atomic E-state index is 10.7. The number of nitro groups is 1. The molecule has 0 heterocycles. The molecule has 0 aliphatic rings. The van der Waals surface area contributed by atoms with E-state index in [1.54, 1.807) is 6.07 Å². The molecule has 100 valence electrons. The van der Waals surface area contributed by atoms with Crippen LogP contribution >= 0.6 is 23.4 Å². The van der Waals surface area contributed by atoms with E-state index in [0.717, 1.165) is 36.4 Å². The van der Waals surface area contributed by atoms with Gasteiger partial charge in [-0.2, -0.15) is 11.8 Å². The third-order valence-corrected chi connectivity index (χ3v) is 3.58. The van der Waals surface area contributed by atoms with Crippen molar-refractivity contribution in [1.29, 1.82) is 0 Å². The van der Waals surface area contributed by atoms with Gasteiger partial charge in [-0.25, -0.2) is 0 Å². The van der Waals surface area contributed by atoms with Crippen LogP contribution in [0.4, 0.5) is 11.4 Å². The van der Waals surface area contributed by atoms with Gasteiger partial charge >= 0.3 is 0 Å². The third-order valence-electron chi connectivity index (χ3n) is 2.58. The van der Waals surface area contributed by atoms with E-state index in [9.17, 15) is 10.1 Å². The minimum Gasteiger partial charge on any atom is -0.385 e. The van der Waals surface area contributed by atoms with Gasteiger partial charge in [0.1, 0.15) is 5.02 Å². The maximum absolute atomic E-state index is 10.7. The van der Waals surface area contributed by atoms with Crippen LogP contribution in [0.15, 0.2) is 12.1 Å². The van der Waals surface area contributed by atoms with E-state index in [2.05, 4.69) is 11.6 Å². The summed E-state index contributed by atoms with van der Waals surface area (Å²) in [6.07, 6.45) is 4.33. The predicted molar refractivity (Wildman–Crippen MR) is 78.9 cm³/mol. The lowest BCUT2D eigenvalue weighted by Crippen LogP contribution is -2.04. The summed E-state index contributed by atoms with van der Waals surface area (Å²) in [6.45, 7) is 2.70. The first-order valence-electron chi connectivity index (χ1n) is 5.73. The van der Waals surface area contributed by atoms with E-state index in [4.69, 9.17) is 11.6 Å². The van der Waals surface area contributed by atoms with Gasteiger partial charge in [-0.3, -0.25) is 10.1 Å². The Labute approximate surface area is 116 Å². The molecule has 0 unspecified atom stereocenters. The maximum Gasteiger partial charge on any atom is 0.288 e. The van der Waals surface area contributed by atoms with Crippen molar-refractivity contribution in [3.63, 3.8) is 0 Å². The zero-order valence-corrected chi connectivity index (χ0v) is 12.1. The summed E-state index contributed by atoms with van der Waals surface area (Å²) in [6, 6.07) is 3.14. The van der Waals surface area contributed by atoms with Crippen molar-refractivity contribution in [1.82, 2.24) is 0 Å². The summed E-state index contributed by atoms with van der Waals surface area (Å²) in [5.41, 5.74) is 1.67. The average Bonchev–Trinajstić information content (AvgIpc) is 2.32. The smallest absolute Gasteiger partial charge is 0.288 e. The number of anilines is 1. The van der Waals surface area contributed by atoms with Crippen LogP contribution in [0.2, 0.25) is 5.02 Å². The molecule has 1 rings (SSSR count). The lowest BCUT2D eigenvalue weighted by molar-refractivity contribution is -0.384. The highest BCUT2D eigenvalue weighted by Gasteiger charge is 2.14. The van der Waals surface area contributed by atoms with Crippen molar-refractivity contribution < 1.29 is 4.92 Å². The molecule has 0 saturated carbocycles. The highest BCUT2D eigenvalue weighted by Crippen LogP contribution is 2.30. The number of nitrogens with one attached hydrogen (secondary N) is 1. The second kappa shape index (κ2) is 7.48. The van der Waals surface area contributed by atoms with E-state index in [-0.39, 0.29) is 10.7 Å². The van der Waals surface area contributed by atoms with Crippen molar-refractivity contribution >= 4 is 34.7 Å². The average molecular weight is 289 g/mol. The van der Waals surface area contributed by atoms with Crippen molar-refractivity contribution in [2.45, 2.75) is 19.8 Å². The first kappa shape index (κ1) is 15.1. The van der Waals surface area contributed by atoms with Gasteiger partial charge in [0.25, 0.3) is 5.69 Å². The Morgan fingerprint density at radius 3 is 2.78 bits per heavy atom. The van der Waals surface area contributed by atoms with Gasteiger partial charge in [0.15, 0.2) is 0 Å². The van der Waals surface area contributed by atoms with Crippen LogP contribution in [0.3, 0.4) is 0 Å². The Morgan fingerprint density at radius 2 is 2.17 bits per heavy atom. The summed E-state index contributed by atoms with van der Waals surface area (Å²) < 4.78 is 0. The Kier molecular flexibility index (Phi) is 6.29. The molecule has 0 aliphatic carbocycles. The van der Waals surface area contributed by atoms with Crippen LogP contribution in [-0.4, -0.2) is 23.5 Å². The molecule has 0 saturated heterocycles. The molecule has 0 aromatic heterocycles. The van der Waals surface area contributed by atoms with E-state index in [1.807, 2.05) is 18.7 Å². The van der Waals surface area contributed by atoms with Crippen molar-refractivity contribution in [2.24, 2.45) is 0 Å². The van der Waals surface area contributed by atoms with Gasteiger partial charge in [-0.15, -0.1) is 0 Å². The highest BCUT2D eigenvalue weighted by molar-refractivity contribution is 7.98. The van der Waals surface area contributed by atoms with Crippen LogP contribution in [0.1, 0.15) is 18.4 Å². The van der Waals surface area contributed by atoms with Crippen LogP contribution < -0.4 is 5.32 Å². The minimum absolute atomic E-state index is 0.0397. The summed E-state index contributed by atoms with van der Waals surface area (Å²) >= 11 is 7.71. The summed E-state index contributed by atoms with van der Waals surface area (Å²) in [4.78, 5) is 10.3. The molecular weight excluding hydrogens is 272 g/mol. The molecule has 1 aromatic carbocycles. The molecule has 6 heteroatoms. The van der Waals surface area contributed by atoms with E-state index < -0.39 is 4.92 Å². The Bertz CT molecular complexity index is 427. The number of benzene rings is 1. The number of halogens is 1. The molecule has 18 heavy (non-hydrogen) atoms. The fourth-order valence-corrected chi connectivity index (χ4v) is 2.32. The van der Waals surface area contributed by atoms with Crippen LogP contribution in [0, 0.1) is 17.0 Å². The van der Waals surface area contributed by atoms with Crippen molar-refractivity contribution in [2.75, 3.05) is 23.9 Å². The van der Waals surface area contributed by atoms with Gasteiger partial charge in [0.05, 0.1) is 4.92 Å². The molecule has 0 bridgehead atoms. The van der Waals surface area contributed by atoms with Crippen molar-refractivity contribution in [3.8, 4) is 0 Å². The lowest BCUT2D eigenvalue weighted by Gasteiger charge is -2.10. The molecule has 1 aromatic rings. The lowest BCUT2D eigenvalue weighted by atomic mass is 10.1. The fraction of sp³-hybridized carbons (Fsp3) is 0.500. The SMILES string of the molecule is CSCCCCNc1cc(Cl)c([N+](=O)[O-])cc1C. The molecule has 4 nitrogen and oxygen atoms in total. The van der Waals surface area contributed by atoms with Crippen LogP contribution in [-0.2, 0) is 0 Å². The van der Waals surface area contributed by atoms with Gasteiger partial charge in [-0.1, -0.05) is 11.6 Å². The van der Waals surface area contributed by atoms with E-state index in [0.29, 0.717) is 0 Å². The first-order valence-corrected chi connectivity index (χ1v) is 7.50. The Hall–Kier alpha value is -0.940. The van der Waals surface area contributed by atoms with Gasteiger partial charge in [0.2, 0.25) is 0 Å². The van der Waals surface area contributed by atoms with Gasteiger partial charge in [0, 0.05) is 18.3 Å². The van der Waals surface area contributed by atoms with Crippen molar-refractivity contribution in [3.05, 3.63) is 32.8 Å². The quantitative estimate of drug-likeness (QED) is 0.466. The monoisotopic (exact) mass is 288 g/mol. The molecule has 0 fully saturated rings. The third kappa shape index (κ3) is 4.38. The number of aryl methyl sites for hydroxylation is 1. The summed E-state index contributed by atoms with van der Waals surface area (Å²) in [7, 11) is 0. The highest BCUT2D eigenvalue weighted by atomic mass is 35.5. The number of unbranched alkanes of at least 4 members (excludes halogenated alkanes) is 1. The largest absolute Gasteiger partial charge is 0.385 e.